The number of H-pyrrole nitrogens is 1. The van der Waals surface area contributed by atoms with Crippen LogP contribution in [0.2, 0.25) is 0 Å². The van der Waals surface area contributed by atoms with Crippen LogP contribution in [0.3, 0.4) is 0 Å². The quantitative estimate of drug-likeness (QED) is 0.770. The van der Waals surface area contributed by atoms with Crippen molar-refractivity contribution < 1.29 is 8.42 Å². The lowest BCUT2D eigenvalue weighted by atomic mass is 10.2. The smallest absolute Gasteiger partial charge is 0.243 e. The topological polar surface area (TPSA) is 105 Å². The number of hydrogen-bond donors (Lipinski definition) is 2. The molecule has 3 N–H and O–H groups in total. The van der Waals surface area contributed by atoms with Gasteiger partial charge in [-0.05, 0) is 18.2 Å². The first-order valence-electron chi connectivity index (χ1n) is 6.13. The molecule has 1 aromatic carbocycles. The predicted octanol–water partition coefficient (Wildman–Crippen LogP) is -0.0644. The fourth-order valence-corrected chi connectivity index (χ4v) is 2.85. The third kappa shape index (κ3) is 3.66. The van der Waals surface area contributed by atoms with Crippen molar-refractivity contribution in [3.8, 4) is 11.8 Å². The second-order valence-electron chi connectivity index (χ2n) is 4.23. The van der Waals surface area contributed by atoms with E-state index in [0.29, 0.717) is 11.4 Å². The molecule has 1 aromatic heterocycles. The summed E-state index contributed by atoms with van der Waals surface area (Å²) in [6.07, 6.45) is 1.33. The first kappa shape index (κ1) is 15.2. The van der Waals surface area contributed by atoms with Gasteiger partial charge in [-0.1, -0.05) is 17.9 Å². The van der Waals surface area contributed by atoms with Crippen LogP contribution in [-0.2, 0) is 16.6 Å². The van der Waals surface area contributed by atoms with Crippen molar-refractivity contribution >= 4 is 10.0 Å². The number of aromatic nitrogens is 3. The van der Waals surface area contributed by atoms with Crippen LogP contribution in [0.4, 0.5) is 0 Å². The summed E-state index contributed by atoms with van der Waals surface area (Å²) in [5.41, 5.74) is 5.91. The average molecular weight is 305 g/mol. The molecule has 0 unspecified atom stereocenters. The third-order valence-electron chi connectivity index (χ3n) is 2.71. The van der Waals surface area contributed by atoms with Gasteiger partial charge in [0.25, 0.3) is 0 Å². The summed E-state index contributed by atoms with van der Waals surface area (Å²) >= 11 is 0. The van der Waals surface area contributed by atoms with Gasteiger partial charge in [-0.2, -0.15) is 9.40 Å². The van der Waals surface area contributed by atoms with Crippen molar-refractivity contribution in [3.63, 3.8) is 0 Å². The first-order valence-corrected chi connectivity index (χ1v) is 7.57. The van der Waals surface area contributed by atoms with Gasteiger partial charge in [-0.15, -0.1) is 0 Å². The minimum Gasteiger partial charge on any atom is -0.320 e. The lowest BCUT2D eigenvalue weighted by Crippen LogP contribution is -2.27. The second-order valence-corrected chi connectivity index (χ2v) is 6.27. The van der Waals surface area contributed by atoms with Gasteiger partial charge >= 0.3 is 0 Å². The van der Waals surface area contributed by atoms with E-state index in [4.69, 9.17) is 5.73 Å². The molecule has 2 rings (SSSR count). The molecule has 8 heteroatoms. The number of benzene rings is 1. The van der Waals surface area contributed by atoms with Gasteiger partial charge < -0.3 is 5.73 Å². The molecule has 7 nitrogen and oxygen atoms in total. The van der Waals surface area contributed by atoms with Crippen LogP contribution in [0, 0.1) is 11.8 Å². The van der Waals surface area contributed by atoms with Crippen molar-refractivity contribution in [1.29, 1.82) is 0 Å². The Balaban J connectivity index is 2.26. The molecule has 1 heterocycles. The number of hydrogen-bond acceptors (Lipinski definition) is 5. The Hall–Kier alpha value is -2.21. The molecule has 0 aliphatic rings. The molecule has 0 spiro atoms. The monoisotopic (exact) mass is 305 g/mol. The number of rotatable bonds is 4. The molecule has 0 aliphatic heterocycles. The summed E-state index contributed by atoms with van der Waals surface area (Å²) in [6, 6.07) is 6.43. The highest BCUT2D eigenvalue weighted by molar-refractivity contribution is 7.89. The maximum absolute atomic E-state index is 12.5. The van der Waals surface area contributed by atoms with Crippen molar-refractivity contribution in [1.82, 2.24) is 19.5 Å². The summed E-state index contributed by atoms with van der Waals surface area (Å²) < 4.78 is 26.1. The van der Waals surface area contributed by atoms with Gasteiger partial charge in [0.2, 0.25) is 10.0 Å². The van der Waals surface area contributed by atoms with E-state index < -0.39 is 10.0 Å². The van der Waals surface area contributed by atoms with E-state index in [1.807, 2.05) is 0 Å². The zero-order chi connectivity index (χ0) is 15.3. The number of sulfonamides is 1. The Morgan fingerprint density at radius 2 is 2.24 bits per heavy atom. The number of nitrogens with zero attached hydrogens (tertiary/aromatic N) is 3. The van der Waals surface area contributed by atoms with Gasteiger partial charge in [0.15, 0.2) is 0 Å². The highest BCUT2D eigenvalue weighted by atomic mass is 32.2. The first-order chi connectivity index (χ1) is 10.0. The molecule has 0 aliphatic carbocycles. The SMILES string of the molecule is CN(Cc1ncn[nH]1)S(=O)(=O)c1cccc(C#CCN)c1. The maximum atomic E-state index is 12.5. The standard InChI is InChI=1S/C13H15N5O2S/c1-18(9-13-15-10-16-17-13)21(19,20)12-6-2-4-11(8-12)5-3-7-14/h2,4,6,8,10H,7,9,14H2,1H3,(H,15,16,17). The molecule has 0 bridgehead atoms. The molecule has 0 saturated carbocycles. The Morgan fingerprint density at radius 1 is 1.43 bits per heavy atom. The number of aromatic amines is 1. The molecular weight excluding hydrogens is 290 g/mol. The summed E-state index contributed by atoms with van der Waals surface area (Å²) in [5.74, 6) is 5.98. The van der Waals surface area contributed by atoms with E-state index in [0.717, 1.165) is 0 Å². The van der Waals surface area contributed by atoms with Crippen LogP contribution in [0.1, 0.15) is 11.4 Å². The van der Waals surface area contributed by atoms with Crippen LogP contribution in [0.15, 0.2) is 35.5 Å². The van der Waals surface area contributed by atoms with Crippen molar-refractivity contribution in [2.75, 3.05) is 13.6 Å². The van der Waals surface area contributed by atoms with E-state index in [-0.39, 0.29) is 18.0 Å². The van der Waals surface area contributed by atoms with Crippen LogP contribution in [-0.4, -0.2) is 41.5 Å². The van der Waals surface area contributed by atoms with Gasteiger partial charge in [0.05, 0.1) is 18.0 Å². The minimum atomic E-state index is -3.62. The molecule has 2 aromatic rings. The molecule has 110 valence electrons. The zero-order valence-electron chi connectivity index (χ0n) is 11.4. The van der Waals surface area contributed by atoms with Gasteiger partial charge in [-0.25, -0.2) is 13.4 Å². The summed E-state index contributed by atoms with van der Waals surface area (Å²) in [7, 11) is -2.13. The van der Waals surface area contributed by atoms with E-state index in [9.17, 15) is 8.42 Å². The predicted molar refractivity (Wildman–Crippen MR) is 77.4 cm³/mol. The fourth-order valence-electron chi connectivity index (χ4n) is 1.67. The molecule has 0 amide bonds. The lowest BCUT2D eigenvalue weighted by Gasteiger charge is -2.15. The highest BCUT2D eigenvalue weighted by Gasteiger charge is 2.21. The second kappa shape index (κ2) is 6.49. The van der Waals surface area contributed by atoms with Crippen molar-refractivity contribution in [3.05, 3.63) is 42.0 Å². The summed E-state index contributed by atoms with van der Waals surface area (Å²) in [4.78, 5) is 4.09. The Labute approximate surface area is 123 Å². The molecule has 0 fully saturated rings. The van der Waals surface area contributed by atoms with Gasteiger partial charge in [0.1, 0.15) is 12.2 Å². The van der Waals surface area contributed by atoms with Crippen LogP contribution >= 0.6 is 0 Å². The third-order valence-corrected chi connectivity index (χ3v) is 4.51. The minimum absolute atomic E-state index is 0.112. The molecule has 0 saturated heterocycles. The van der Waals surface area contributed by atoms with Crippen molar-refractivity contribution in [2.24, 2.45) is 5.73 Å². The van der Waals surface area contributed by atoms with E-state index in [1.165, 1.54) is 29.8 Å². The van der Waals surface area contributed by atoms with E-state index >= 15 is 0 Å². The molecular formula is C13H15N5O2S. The van der Waals surface area contributed by atoms with Crippen molar-refractivity contribution in [2.45, 2.75) is 11.4 Å². The van der Waals surface area contributed by atoms with Crippen LogP contribution < -0.4 is 5.73 Å². The normalized spacial score (nSPS) is 11.2. The van der Waals surface area contributed by atoms with Gasteiger partial charge in [-0.3, -0.25) is 5.10 Å². The molecule has 0 atom stereocenters. The van der Waals surface area contributed by atoms with Crippen LogP contribution in [0.25, 0.3) is 0 Å². The Morgan fingerprint density at radius 3 is 2.90 bits per heavy atom. The number of nitrogens with two attached hydrogens (primary N) is 1. The Bertz CT molecular complexity index is 759. The van der Waals surface area contributed by atoms with E-state index in [2.05, 4.69) is 27.0 Å². The maximum Gasteiger partial charge on any atom is 0.243 e. The van der Waals surface area contributed by atoms with Gasteiger partial charge in [0, 0.05) is 12.6 Å². The number of nitrogens with one attached hydrogen (secondary N) is 1. The highest BCUT2D eigenvalue weighted by Crippen LogP contribution is 2.16. The average Bonchev–Trinajstić information content (AvgIpc) is 2.98. The largest absolute Gasteiger partial charge is 0.320 e. The lowest BCUT2D eigenvalue weighted by molar-refractivity contribution is 0.457. The van der Waals surface area contributed by atoms with Crippen LogP contribution in [0.5, 0.6) is 0 Å². The Kier molecular flexibility index (Phi) is 4.70. The summed E-state index contributed by atoms with van der Waals surface area (Å²) in [5, 5.41) is 6.32. The fraction of sp³-hybridized carbons (Fsp3) is 0.231. The summed E-state index contributed by atoms with van der Waals surface area (Å²) in [6.45, 7) is 0.337. The molecule has 0 radical (unpaired) electrons. The molecule has 21 heavy (non-hydrogen) atoms. The zero-order valence-corrected chi connectivity index (χ0v) is 12.3. The van der Waals surface area contributed by atoms with E-state index in [1.54, 1.807) is 12.1 Å².